The van der Waals surface area contributed by atoms with Gasteiger partial charge in [-0.15, -0.1) is 0 Å². The molecule has 37 heavy (non-hydrogen) atoms. The van der Waals surface area contributed by atoms with Crippen LogP contribution in [-0.2, 0) is 6.54 Å². The first-order valence-electron chi connectivity index (χ1n) is 11.8. The minimum Gasteiger partial charge on any atom is -0.454 e. The molecule has 1 amide bonds. The quantitative estimate of drug-likeness (QED) is 0.278. The summed E-state index contributed by atoms with van der Waals surface area (Å²) in [5, 5.41) is 14.9. The number of aromatic amines is 1. The molecule has 2 aromatic heterocycles. The van der Waals surface area contributed by atoms with E-state index < -0.39 is 0 Å². The van der Waals surface area contributed by atoms with Gasteiger partial charge in [0.05, 0.1) is 28.2 Å². The highest BCUT2D eigenvalue weighted by molar-refractivity contribution is 6.00. The number of hydrogen-bond donors (Lipinski definition) is 3. The molecule has 0 saturated carbocycles. The van der Waals surface area contributed by atoms with Gasteiger partial charge in [0.2, 0.25) is 6.79 Å². The Balaban J connectivity index is 1.16. The van der Waals surface area contributed by atoms with E-state index in [-0.39, 0.29) is 12.7 Å². The highest BCUT2D eigenvalue weighted by Gasteiger charge is 2.15. The van der Waals surface area contributed by atoms with Gasteiger partial charge in [0.15, 0.2) is 11.5 Å². The van der Waals surface area contributed by atoms with Crippen molar-refractivity contribution in [2.45, 2.75) is 6.54 Å². The smallest absolute Gasteiger partial charge is 0.253 e. The summed E-state index contributed by atoms with van der Waals surface area (Å²) in [6.45, 7) is 0.594. The first kappa shape index (κ1) is 22.4. The van der Waals surface area contributed by atoms with Crippen LogP contribution in [0.1, 0.15) is 27.3 Å². The van der Waals surface area contributed by atoms with Crippen molar-refractivity contribution in [3.05, 3.63) is 108 Å². The van der Waals surface area contributed by atoms with Crippen molar-refractivity contribution < 1.29 is 14.3 Å². The van der Waals surface area contributed by atoms with Gasteiger partial charge in [0.1, 0.15) is 0 Å². The number of para-hydroxylation sites is 1. The summed E-state index contributed by atoms with van der Waals surface area (Å²) in [6.07, 6.45) is 5.63. The Bertz CT molecular complexity index is 1610. The zero-order valence-electron chi connectivity index (χ0n) is 19.8. The number of benzene rings is 3. The van der Waals surface area contributed by atoms with Crippen molar-refractivity contribution in [1.82, 2.24) is 20.5 Å². The number of amides is 1. The van der Waals surface area contributed by atoms with Crippen LogP contribution in [-0.4, -0.2) is 27.9 Å². The van der Waals surface area contributed by atoms with Gasteiger partial charge in [-0.3, -0.25) is 14.9 Å². The van der Waals surface area contributed by atoms with E-state index >= 15 is 0 Å². The fraction of sp³-hybridized carbons (Fsp3) is 0.0690. The normalized spacial score (nSPS) is 12.2. The summed E-state index contributed by atoms with van der Waals surface area (Å²) in [5.74, 6) is 1.24. The molecule has 0 atom stereocenters. The van der Waals surface area contributed by atoms with Crippen molar-refractivity contribution in [2.75, 3.05) is 12.1 Å². The maximum Gasteiger partial charge on any atom is 0.253 e. The fourth-order valence-corrected chi connectivity index (χ4v) is 4.16. The van der Waals surface area contributed by atoms with E-state index in [1.807, 2.05) is 84.9 Å². The molecule has 182 valence electrons. The Morgan fingerprint density at radius 1 is 0.946 bits per heavy atom. The van der Waals surface area contributed by atoms with E-state index in [9.17, 15) is 4.79 Å². The molecule has 0 radical (unpaired) electrons. The third-order valence-electron chi connectivity index (χ3n) is 6.03. The van der Waals surface area contributed by atoms with Crippen LogP contribution >= 0.6 is 0 Å². The predicted octanol–water partition coefficient (Wildman–Crippen LogP) is 5.53. The predicted molar refractivity (Wildman–Crippen MR) is 143 cm³/mol. The standard InChI is InChI=1S/C29H23N5O3/c35-29(31-17-19-8-13-27-28(15-19)37-18-36-27)23-6-1-2-7-24(23)32-21-9-11-22-25(33-34-26(22)16-21)12-10-20-5-3-4-14-30-20/h1-16,32H,17-18H2,(H,31,35)(H,33,34)/b12-10+. The molecule has 6 rings (SSSR count). The van der Waals surface area contributed by atoms with E-state index in [1.165, 1.54) is 0 Å². The van der Waals surface area contributed by atoms with Gasteiger partial charge < -0.3 is 20.1 Å². The molecule has 0 unspecified atom stereocenters. The summed E-state index contributed by atoms with van der Waals surface area (Å²) in [6, 6.07) is 24.8. The summed E-state index contributed by atoms with van der Waals surface area (Å²) in [5.41, 5.74) is 5.61. The third-order valence-corrected chi connectivity index (χ3v) is 6.03. The largest absolute Gasteiger partial charge is 0.454 e. The van der Waals surface area contributed by atoms with E-state index in [0.29, 0.717) is 23.5 Å². The number of nitrogens with one attached hydrogen (secondary N) is 3. The Morgan fingerprint density at radius 3 is 2.76 bits per heavy atom. The van der Waals surface area contributed by atoms with E-state index in [1.54, 1.807) is 12.3 Å². The molecule has 0 spiro atoms. The number of H-pyrrole nitrogens is 1. The molecule has 8 nitrogen and oxygen atoms in total. The van der Waals surface area contributed by atoms with Crippen molar-refractivity contribution in [3.8, 4) is 11.5 Å². The Morgan fingerprint density at radius 2 is 1.84 bits per heavy atom. The molecule has 3 aromatic carbocycles. The van der Waals surface area contributed by atoms with Crippen LogP contribution in [0.5, 0.6) is 11.5 Å². The van der Waals surface area contributed by atoms with Crippen molar-refractivity contribution in [3.63, 3.8) is 0 Å². The van der Waals surface area contributed by atoms with Crippen molar-refractivity contribution in [2.24, 2.45) is 0 Å². The van der Waals surface area contributed by atoms with Gasteiger partial charge in [0, 0.05) is 23.8 Å². The summed E-state index contributed by atoms with van der Waals surface area (Å²) >= 11 is 0. The molecule has 0 aliphatic carbocycles. The summed E-state index contributed by atoms with van der Waals surface area (Å²) < 4.78 is 10.8. The average molecular weight is 490 g/mol. The van der Waals surface area contributed by atoms with Crippen molar-refractivity contribution in [1.29, 1.82) is 0 Å². The molecule has 0 fully saturated rings. The molecule has 3 N–H and O–H groups in total. The van der Waals surface area contributed by atoms with Gasteiger partial charge in [-0.2, -0.15) is 5.10 Å². The SMILES string of the molecule is O=C(NCc1ccc2c(c1)OCO2)c1ccccc1Nc1ccc2c(/C=C/c3ccccn3)n[nH]c2c1. The molecule has 3 heterocycles. The topological polar surface area (TPSA) is 101 Å². The number of anilines is 2. The molecule has 1 aliphatic heterocycles. The number of hydrogen-bond acceptors (Lipinski definition) is 6. The number of pyridine rings is 1. The van der Waals surface area contributed by atoms with Gasteiger partial charge in [-0.1, -0.05) is 24.3 Å². The lowest BCUT2D eigenvalue weighted by atomic mass is 10.1. The lowest BCUT2D eigenvalue weighted by molar-refractivity contribution is 0.0951. The van der Waals surface area contributed by atoms with Gasteiger partial charge >= 0.3 is 0 Å². The summed E-state index contributed by atoms with van der Waals surface area (Å²) in [7, 11) is 0. The van der Waals surface area contributed by atoms with Crippen molar-refractivity contribution >= 4 is 40.3 Å². The monoisotopic (exact) mass is 489 g/mol. The minimum atomic E-state index is -0.176. The van der Waals surface area contributed by atoms with Crippen LogP contribution < -0.4 is 20.1 Å². The van der Waals surface area contributed by atoms with Crippen LogP contribution in [0.25, 0.3) is 23.1 Å². The van der Waals surface area contributed by atoms with Crippen LogP contribution in [0, 0.1) is 0 Å². The number of rotatable bonds is 7. The Kier molecular flexibility index (Phi) is 5.96. The second-order valence-corrected chi connectivity index (χ2v) is 8.50. The number of aromatic nitrogens is 3. The molecule has 8 heteroatoms. The second-order valence-electron chi connectivity index (χ2n) is 8.50. The Labute approximate surface area is 213 Å². The maximum absolute atomic E-state index is 13.0. The molecule has 0 bridgehead atoms. The zero-order chi connectivity index (χ0) is 25.0. The summed E-state index contributed by atoms with van der Waals surface area (Å²) in [4.78, 5) is 17.3. The molecular formula is C29H23N5O3. The fourth-order valence-electron chi connectivity index (χ4n) is 4.16. The minimum absolute atomic E-state index is 0.176. The Hall–Kier alpha value is -5.11. The number of carbonyl (C=O) groups is 1. The lowest BCUT2D eigenvalue weighted by Gasteiger charge is -2.13. The maximum atomic E-state index is 13.0. The van der Waals surface area contributed by atoms with E-state index in [4.69, 9.17) is 9.47 Å². The van der Waals surface area contributed by atoms with Gasteiger partial charge in [-0.05, 0) is 72.3 Å². The van der Waals surface area contributed by atoms with Gasteiger partial charge in [0.25, 0.3) is 5.91 Å². The van der Waals surface area contributed by atoms with Crippen LogP contribution in [0.15, 0.2) is 85.1 Å². The first-order valence-corrected chi connectivity index (χ1v) is 11.8. The molecular weight excluding hydrogens is 466 g/mol. The van der Waals surface area contributed by atoms with Gasteiger partial charge in [-0.25, -0.2) is 0 Å². The molecule has 0 saturated heterocycles. The third kappa shape index (κ3) is 4.85. The molecule has 5 aromatic rings. The van der Waals surface area contributed by atoms with Crippen LogP contribution in [0.3, 0.4) is 0 Å². The highest BCUT2D eigenvalue weighted by atomic mass is 16.7. The number of nitrogens with zero attached hydrogens (tertiary/aromatic N) is 2. The lowest BCUT2D eigenvalue weighted by Crippen LogP contribution is -2.23. The van der Waals surface area contributed by atoms with E-state index in [0.717, 1.165) is 39.3 Å². The number of carbonyl (C=O) groups excluding carboxylic acids is 1. The first-order chi connectivity index (χ1) is 18.2. The van der Waals surface area contributed by atoms with Crippen LogP contribution in [0.4, 0.5) is 11.4 Å². The molecule has 1 aliphatic rings. The van der Waals surface area contributed by atoms with Crippen LogP contribution in [0.2, 0.25) is 0 Å². The van der Waals surface area contributed by atoms with E-state index in [2.05, 4.69) is 25.8 Å². The highest BCUT2D eigenvalue weighted by Crippen LogP contribution is 2.32. The second kappa shape index (κ2) is 9.87. The zero-order valence-corrected chi connectivity index (χ0v) is 19.8. The average Bonchev–Trinajstić information content (AvgIpc) is 3.58. The number of fused-ring (bicyclic) bond motifs is 2. The number of ether oxygens (including phenoxy) is 2.